The van der Waals surface area contributed by atoms with Crippen LogP contribution in [0.3, 0.4) is 0 Å². The summed E-state index contributed by atoms with van der Waals surface area (Å²) in [4.78, 5) is 27.6. The molecule has 1 unspecified atom stereocenters. The van der Waals surface area contributed by atoms with Gasteiger partial charge in [0.25, 0.3) is 5.91 Å². The summed E-state index contributed by atoms with van der Waals surface area (Å²) in [5.74, 6) is 0.717. The van der Waals surface area contributed by atoms with Crippen LogP contribution in [0.2, 0.25) is 0 Å². The molecule has 1 N–H and O–H groups in total. The quantitative estimate of drug-likeness (QED) is 0.426. The molecule has 0 fully saturated rings. The number of nitrogens with one attached hydrogen (secondary N) is 1. The van der Waals surface area contributed by atoms with Gasteiger partial charge in [-0.25, -0.2) is 0 Å². The number of ether oxygens (including phenoxy) is 1. The molecule has 32 heavy (non-hydrogen) atoms. The van der Waals surface area contributed by atoms with Crippen LogP contribution in [0.15, 0.2) is 53.0 Å². The molecule has 0 aliphatic carbocycles. The molecule has 174 valence electrons. The first-order valence-electron chi connectivity index (χ1n) is 11.4. The summed E-state index contributed by atoms with van der Waals surface area (Å²) in [5, 5.41) is 2.94. The van der Waals surface area contributed by atoms with Gasteiger partial charge in [-0.3, -0.25) is 9.59 Å². The number of hydrogen-bond donors (Lipinski definition) is 1. The highest BCUT2D eigenvalue weighted by molar-refractivity contribution is 9.10. The number of carbonyl (C=O) groups is 2. The highest BCUT2D eigenvalue weighted by Gasteiger charge is 2.28. The Kier molecular flexibility index (Phi) is 10.7. The molecular weight excluding hydrogens is 468 g/mol. The van der Waals surface area contributed by atoms with E-state index in [-0.39, 0.29) is 18.4 Å². The number of nitrogens with zero attached hydrogens (tertiary/aromatic N) is 1. The monoisotopic (exact) mass is 502 g/mol. The van der Waals surface area contributed by atoms with E-state index in [2.05, 4.69) is 35.1 Å². The molecule has 5 nitrogen and oxygen atoms in total. The van der Waals surface area contributed by atoms with Gasteiger partial charge in [-0.15, -0.1) is 0 Å². The van der Waals surface area contributed by atoms with E-state index in [4.69, 9.17) is 4.74 Å². The van der Waals surface area contributed by atoms with E-state index in [1.807, 2.05) is 62.4 Å². The first-order valence-corrected chi connectivity index (χ1v) is 12.2. The number of halogens is 1. The maximum absolute atomic E-state index is 13.2. The van der Waals surface area contributed by atoms with Crippen LogP contribution in [-0.4, -0.2) is 42.5 Å². The van der Waals surface area contributed by atoms with Gasteiger partial charge in [0.2, 0.25) is 5.91 Å². The molecule has 0 spiro atoms. The number of benzene rings is 2. The van der Waals surface area contributed by atoms with Gasteiger partial charge in [0.15, 0.2) is 6.61 Å². The molecule has 2 rings (SSSR count). The Bertz CT molecular complexity index is 871. The van der Waals surface area contributed by atoms with Crippen LogP contribution in [0.1, 0.15) is 57.6 Å². The lowest BCUT2D eigenvalue weighted by Crippen LogP contribution is -2.51. The van der Waals surface area contributed by atoms with E-state index in [0.29, 0.717) is 37.6 Å². The third-order valence-electron chi connectivity index (χ3n) is 5.39. The molecule has 0 saturated carbocycles. The molecule has 6 heteroatoms. The van der Waals surface area contributed by atoms with Crippen molar-refractivity contribution in [2.24, 2.45) is 0 Å². The highest BCUT2D eigenvalue weighted by atomic mass is 79.9. The lowest BCUT2D eigenvalue weighted by atomic mass is 10.0. The summed E-state index contributed by atoms with van der Waals surface area (Å²) in [5.41, 5.74) is 2.32. The predicted octanol–water partition coefficient (Wildman–Crippen LogP) is 5.33. The smallest absolute Gasteiger partial charge is 0.261 e. The van der Waals surface area contributed by atoms with Gasteiger partial charge < -0.3 is 15.0 Å². The van der Waals surface area contributed by atoms with Crippen molar-refractivity contribution >= 4 is 27.7 Å². The number of amides is 2. The van der Waals surface area contributed by atoms with Gasteiger partial charge in [0, 0.05) is 13.1 Å². The van der Waals surface area contributed by atoms with E-state index < -0.39 is 6.04 Å². The van der Waals surface area contributed by atoms with E-state index in [9.17, 15) is 9.59 Å². The minimum atomic E-state index is -0.520. The third kappa shape index (κ3) is 7.66. The zero-order valence-corrected chi connectivity index (χ0v) is 21.2. The van der Waals surface area contributed by atoms with Crippen LogP contribution >= 0.6 is 15.9 Å². The highest BCUT2D eigenvalue weighted by Crippen LogP contribution is 2.29. The fourth-order valence-electron chi connectivity index (χ4n) is 3.48. The zero-order valence-electron chi connectivity index (χ0n) is 19.6. The molecule has 0 radical (unpaired) electrons. The van der Waals surface area contributed by atoms with Gasteiger partial charge in [0.05, 0.1) is 4.47 Å². The van der Waals surface area contributed by atoms with Crippen molar-refractivity contribution < 1.29 is 14.3 Å². The van der Waals surface area contributed by atoms with Crippen LogP contribution in [0.4, 0.5) is 0 Å². The SMILES string of the molecule is CCCNC(=O)C(CC)N(CCc1ccccc1)C(=O)COc1ccc(C(C)C)cc1Br. The zero-order chi connectivity index (χ0) is 23.5. The first-order chi connectivity index (χ1) is 15.4. The Balaban J connectivity index is 2.13. The summed E-state index contributed by atoms with van der Waals surface area (Å²) < 4.78 is 6.67. The Morgan fingerprint density at radius 1 is 1.09 bits per heavy atom. The topological polar surface area (TPSA) is 58.6 Å². The van der Waals surface area contributed by atoms with Crippen molar-refractivity contribution in [3.05, 3.63) is 64.1 Å². The van der Waals surface area contributed by atoms with E-state index in [1.165, 1.54) is 5.56 Å². The maximum Gasteiger partial charge on any atom is 0.261 e. The van der Waals surface area contributed by atoms with Crippen molar-refractivity contribution in [2.45, 2.75) is 58.9 Å². The molecule has 0 aliphatic heterocycles. The second-order valence-corrected chi connectivity index (χ2v) is 9.03. The van der Waals surface area contributed by atoms with E-state index in [1.54, 1.807) is 4.90 Å². The summed E-state index contributed by atoms with van der Waals surface area (Å²) in [6.45, 7) is 9.14. The fourth-order valence-corrected chi connectivity index (χ4v) is 3.99. The largest absolute Gasteiger partial charge is 0.483 e. The predicted molar refractivity (Wildman–Crippen MR) is 133 cm³/mol. The maximum atomic E-state index is 13.2. The van der Waals surface area contributed by atoms with Gasteiger partial charge >= 0.3 is 0 Å². The van der Waals surface area contributed by atoms with Gasteiger partial charge in [-0.2, -0.15) is 0 Å². The van der Waals surface area contributed by atoms with Crippen molar-refractivity contribution in [3.8, 4) is 5.75 Å². The average molecular weight is 503 g/mol. The number of rotatable bonds is 12. The fraction of sp³-hybridized carbons (Fsp3) is 0.462. The van der Waals surface area contributed by atoms with Crippen molar-refractivity contribution in [1.82, 2.24) is 10.2 Å². The molecular formula is C26H35BrN2O3. The van der Waals surface area contributed by atoms with E-state index >= 15 is 0 Å². The van der Waals surface area contributed by atoms with Gasteiger partial charge in [-0.05, 0) is 64.4 Å². The first kappa shape index (κ1) is 25.9. The molecule has 2 aromatic rings. The van der Waals surface area contributed by atoms with Crippen molar-refractivity contribution in [2.75, 3.05) is 19.7 Å². The minimum Gasteiger partial charge on any atom is -0.483 e. The average Bonchev–Trinajstić information content (AvgIpc) is 2.79. The third-order valence-corrected chi connectivity index (χ3v) is 6.01. The summed E-state index contributed by atoms with van der Waals surface area (Å²) in [6.07, 6.45) is 2.07. The van der Waals surface area contributed by atoms with Crippen molar-refractivity contribution in [1.29, 1.82) is 0 Å². The van der Waals surface area contributed by atoms with Crippen LogP contribution in [0.5, 0.6) is 5.75 Å². The van der Waals surface area contributed by atoms with Gasteiger partial charge in [0.1, 0.15) is 11.8 Å². The lowest BCUT2D eigenvalue weighted by Gasteiger charge is -2.30. The molecule has 0 bridgehead atoms. The summed E-state index contributed by atoms with van der Waals surface area (Å²) in [7, 11) is 0. The molecule has 0 saturated heterocycles. The van der Waals surface area contributed by atoms with Gasteiger partial charge in [-0.1, -0.05) is 64.1 Å². The van der Waals surface area contributed by atoms with Crippen molar-refractivity contribution in [3.63, 3.8) is 0 Å². The Morgan fingerprint density at radius 3 is 2.41 bits per heavy atom. The molecule has 1 atom stereocenters. The molecule has 0 heterocycles. The molecule has 0 aliphatic rings. The van der Waals surface area contributed by atoms with E-state index in [0.717, 1.165) is 16.5 Å². The standard InChI is InChI=1S/C26H35BrN2O3/c1-5-15-28-26(31)23(6-2)29(16-14-20-10-8-7-9-11-20)25(30)18-32-24-13-12-21(19(3)4)17-22(24)27/h7-13,17,19,23H,5-6,14-16,18H2,1-4H3,(H,28,31). The van der Waals surface area contributed by atoms with Crippen LogP contribution in [0, 0.1) is 0 Å². The number of hydrogen-bond acceptors (Lipinski definition) is 3. The normalized spacial score (nSPS) is 11.8. The van der Waals surface area contributed by atoms with Crippen LogP contribution < -0.4 is 10.1 Å². The Morgan fingerprint density at radius 2 is 1.81 bits per heavy atom. The molecule has 0 aromatic heterocycles. The second kappa shape index (κ2) is 13.3. The number of carbonyl (C=O) groups excluding carboxylic acids is 2. The second-order valence-electron chi connectivity index (χ2n) is 8.17. The Hall–Kier alpha value is -2.34. The summed E-state index contributed by atoms with van der Waals surface area (Å²) in [6, 6.07) is 15.4. The molecule has 2 amide bonds. The lowest BCUT2D eigenvalue weighted by molar-refractivity contribution is -0.142. The Labute approximate surface area is 200 Å². The van der Waals surface area contributed by atoms with Crippen LogP contribution in [-0.2, 0) is 16.0 Å². The van der Waals surface area contributed by atoms with Crippen LogP contribution in [0.25, 0.3) is 0 Å². The summed E-state index contributed by atoms with van der Waals surface area (Å²) >= 11 is 3.54. The molecule has 2 aromatic carbocycles. The minimum absolute atomic E-state index is 0.113.